The predicted octanol–water partition coefficient (Wildman–Crippen LogP) is 4.10. The van der Waals surface area contributed by atoms with Crippen molar-refractivity contribution in [1.82, 2.24) is 14.9 Å². The second-order valence-electron chi connectivity index (χ2n) is 7.31. The highest BCUT2D eigenvalue weighted by Crippen LogP contribution is 2.22. The Morgan fingerprint density at radius 2 is 1.74 bits per heavy atom. The number of ether oxygens (including phenoxy) is 1. The third-order valence-corrected chi connectivity index (χ3v) is 6.10. The molecule has 31 heavy (non-hydrogen) atoms. The van der Waals surface area contributed by atoms with Crippen LogP contribution in [0.2, 0.25) is 0 Å². The SMILES string of the molecule is COc1ccc(Nc2cc(C)nc(N3CCN(C(=O)c4ccccc4I)CC3)n2)cc1. The highest BCUT2D eigenvalue weighted by molar-refractivity contribution is 14.1. The molecule has 8 heteroatoms. The van der Waals surface area contributed by atoms with Gasteiger partial charge >= 0.3 is 0 Å². The summed E-state index contributed by atoms with van der Waals surface area (Å²) in [4.78, 5) is 26.2. The lowest BCUT2D eigenvalue weighted by atomic mass is 10.2. The van der Waals surface area contributed by atoms with Crippen molar-refractivity contribution in [1.29, 1.82) is 0 Å². The molecule has 1 N–H and O–H groups in total. The molecule has 1 fully saturated rings. The minimum Gasteiger partial charge on any atom is -0.497 e. The number of carbonyl (C=O) groups excluding carboxylic acids is 1. The molecule has 2 aromatic carbocycles. The highest BCUT2D eigenvalue weighted by Gasteiger charge is 2.24. The molecule has 4 rings (SSSR count). The molecule has 3 aromatic rings. The molecule has 0 unspecified atom stereocenters. The number of aryl methyl sites for hydroxylation is 1. The van der Waals surface area contributed by atoms with Gasteiger partial charge in [0, 0.05) is 47.2 Å². The average Bonchev–Trinajstić information content (AvgIpc) is 2.79. The number of carbonyl (C=O) groups is 1. The molecule has 0 radical (unpaired) electrons. The molecule has 0 bridgehead atoms. The van der Waals surface area contributed by atoms with Crippen LogP contribution < -0.4 is 15.0 Å². The van der Waals surface area contributed by atoms with E-state index in [-0.39, 0.29) is 5.91 Å². The van der Waals surface area contributed by atoms with Gasteiger partial charge in [0.25, 0.3) is 5.91 Å². The van der Waals surface area contributed by atoms with Crippen molar-refractivity contribution in [3.8, 4) is 5.75 Å². The van der Waals surface area contributed by atoms with Gasteiger partial charge in [0.05, 0.1) is 12.7 Å². The van der Waals surface area contributed by atoms with Gasteiger partial charge in [-0.25, -0.2) is 4.98 Å². The van der Waals surface area contributed by atoms with Crippen LogP contribution in [0, 0.1) is 10.5 Å². The molecule has 1 amide bonds. The topological polar surface area (TPSA) is 70.6 Å². The van der Waals surface area contributed by atoms with Crippen LogP contribution in [0.3, 0.4) is 0 Å². The van der Waals surface area contributed by atoms with Crippen LogP contribution in [0.5, 0.6) is 5.75 Å². The fourth-order valence-corrected chi connectivity index (χ4v) is 4.11. The lowest BCUT2D eigenvalue weighted by Gasteiger charge is -2.35. The number of anilines is 3. The summed E-state index contributed by atoms with van der Waals surface area (Å²) in [6.07, 6.45) is 0. The number of benzene rings is 2. The Morgan fingerprint density at radius 1 is 1.03 bits per heavy atom. The standard InChI is InChI=1S/C23H24IN5O2/c1-16-15-21(26-17-7-9-18(31-2)10-8-17)27-23(25-16)29-13-11-28(12-14-29)22(30)19-5-3-4-6-20(19)24/h3-10,15H,11-14H2,1-2H3,(H,25,26,27). The molecule has 1 saturated heterocycles. The highest BCUT2D eigenvalue weighted by atomic mass is 127. The number of amides is 1. The minimum absolute atomic E-state index is 0.0803. The van der Waals surface area contributed by atoms with Crippen molar-refractivity contribution >= 4 is 46.0 Å². The molecule has 1 aliphatic heterocycles. The van der Waals surface area contributed by atoms with Crippen LogP contribution in [0.4, 0.5) is 17.5 Å². The van der Waals surface area contributed by atoms with E-state index in [2.05, 4.69) is 37.8 Å². The molecule has 1 aliphatic rings. The summed E-state index contributed by atoms with van der Waals surface area (Å²) in [5.41, 5.74) is 2.57. The lowest BCUT2D eigenvalue weighted by molar-refractivity contribution is 0.0745. The van der Waals surface area contributed by atoms with Crippen LogP contribution >= 0.6 is 22.6 Å². The molecule has 0 atom stereocenters. The Morgan fingerprint density at radius 3 is 2.42 bits per heavy atom. The first-order valence-corrected chi connectivity index (χ1v) is 11.2. The molecule has 7 nitrogen and oxygen atoms in total. The smallest absolute Gasteiger partial charge is 0.255 e. The molecular weight excluding hydrogens is 505 g/mol. The first-order valence-electron chi connectivity index (χ1n) is 10.1. The summed E-state index contributed by atoms with van der Waals surface area (Å²) in [6.45, 7) is 4.63. The number of methoxy groups -OCH3 is 1. The van der Waals surface area contributed by atoms with Crippen molar-refractivity contribution in [3.05, 3.63) is 69.4 Å². The van der Waals surface area contributed by atoms with E-state index >= 15 is 0 Å². The molecule has 0 aliphatic carbocycles. The Bertz CT molecular complexity index is 1070. The molecule has 160 valence electrons. The average molecular weight is 529 g/mol. The fraction of sp³-hybridized carbons (Fsp3) is 0.261. The van der Waals surface area contributed by atoms with E-state index in [1.165, 1.54) is 0 Å². The van der Waals surface area contributed by atoms with Crippen molar-refractivity contribution in [2.24, 2.45) is 0 Å². The predicted molar refractivity (Wildman–Crippen MR) is 130 cm³/mol. The Balaban J connectivity index is 1.43. The van der Waals surface area contributed by atoms with Crippen LogP contribution in [-0.2, 0) is 0 Å². The van der Waals surface area contributed by atoms with Crippen molar-refractivity contribution in [3.63, 3.8) is 0 Å². The fourth-order valence-electron chi connectivity index (χ4n) is 3.50. The Hall–Kier alpha value is -2.88. The second-order valence-corrected chi connectivity index (χ2v) is 8.47. The maximum Gasteiger partial charge on any atom is 0.255 e. The maximum absolute atomic E-state index is 12.9. The number of halogens is 1. The Kier molecular flexibility index (Phi) is 6.55. The molecule has 1 aromatic heterocycles. The molecular formula is C23H24IN5O2. The van der Waals surface area contributed by atoms with Crippen molar-refractivity contribution < 1.29 is 9.53 Å². The largest absolute Gasteiger partial charge is 0.497 e. The van der Waals surface area contributed by atoms with Gasteiger partial charge in [0.1, 0.15) is 11.6 Å². The number of hydrogen-bond acceptors (Lipinski definition) is 6. The number of piperazine rings is 1. The normalized spacial score (nSPS) is 13.8. The van der Waals surface area contributed by atoms with E-state index in [4.69, 9.17) is 9.72 Å². The van der Waals surface area contributed by atoms with Crippen LogP contribution in [0.1, 0.15) is 16.1 Å². The minimum atomic E-state index is 0.0803. The van der Waals surface area contributed by atoms with Gasteiger partial charge in [0.2, 0.25) is 5.95 Å². The van der Waals surface area contributed by atoms with E-state index in [0.29, 0.717) is 32.1 Å². The number of aromatic nitrogens is 2. The monoisotopic (exact) mass is 529 g/mol. The van der Waals surface area contributed by atoms with Gasteiger partial charge in [-0.3, -0.25) is 4.79 Å². The van der Waals surface area contributed by atoms with Gasteiger partial charge in [-0.1, -0.05) is 12.1 Å². The number of hydrogen-bond donors (Lipinski definition) is 1. The zero-order chi connectivity index (χ0) is 21.8. The van der Waals surface area contributed by atoms with Crippen LogP contribution in [-0.4, -0.2) is 54.1 Å². The van der Waals surface area contributed by atoms with Crippen LogP contribution in [0.15, 0.2) is 54.6 Å². The zero-order valence-corrected chi connectivity index (χ0v) is 19.7. The molecule has 2 heterocycles. The summed E-state index contributed by atoms with van der Waals surface area (Å²) >= 11 is 2.21. The number of rotatable bonds is 5. The summed E-state index contributed by atoms with van der Waals surface area (Å²) in [5.74, 6) is 2.31. The van der Waals surface area contributed by atoms with Crippen LogP contribution in [0.25, 0.3) is 0 Å². The number of nitrogens with zero attached hydrogens (tertiary/aromatic N) is 4. The first-order chi connectivity index (χ1) is 15.0. The zero-order valence-electron chi connectivity index (χ0n) is 17.5. The summed E-state index contributed by atoms with van der Waals surface area (Å²) in [6, 6.07) is 17.3. The quantitative estimate of drug-likeness (QED) is 0.502. The molecule has 0 saturated carbocycles. The third-order valence-electron chi connectivity index (χ3n) is 5.16. The second kappa shape index (κ2) is 9.51. The van der Waals surface area contributed by atoms with E-state index in [9.17, 15) is 4.79 Å². The van der Waals surface area contributed by atoms with E-state index in [1.54, 1.807) is 7.11 Å². The van der Waals surface area contributed by atoms with E-state index in [0.717, 1.165) is 32.1 Å². The van der Waals surface area contributed by atoms with Crippen molar-refractivity contribution in [2.45, 2.75) is 6.92 Å². The van der Waals surface area contributed by atoms with E-state index < -0.39 is 0 Å². The van der Waals surface area contributed by atoms with Gasteiger partial charge in [0.15, 0.2) is 0 Å². The molecule has 0 spiro atoms. The Labute approximate surface area is 195 Å². The van der Waals surface area contributed by atoms with Gasteiger partial charge < -0.3 is 19.9 Å². The third kappa shape index (κ3) is 5.07. The van der Waals surface area contributed by atoms with Crippen molar-refractivity contribution in [2.75, 3.05) is 43.5 Å². The van der Waals surface area contributed by atoms with Gasteiger partial charge in [-0.2, -0.15) is 4.98 Å². The summed E-state index contributed by atoms with van der Waals surface area (Å²) < 4.78 is 6.18. The van der Waals surface area contributed by atoms with E-state index in [1.807, 2.05) is 66.4 Å². The lowest BCUT2D eigenvalue weighted by Crippen LogP contribution is -2.49. The van der Waals surface area contributed by atoms with Gasteiger partial charge in [-0.15, -0.1) is 0 Å². The number of nitrogens with one attached hydrogen (secondary N) is 1. The first kappa shape index (κ1) is 21.4. The van der Waals surface area contributed by atoms with Gasteiger partial charge in [-0.05, 0) is 65.9 Å². The maximum atomic E-state index is 12.9. The summed E-state index contributed by atoms with van der Waals surface area (Å²) in [5, 5.41) is 3.33. The summed E-state index contributed by atoms with van der Waals surface area (Å²) in [7, 11) is 1.65.